The molecule has 0 spiro atoms. The molecule has 2 N–H and O–H groups in total. The van der Waals surface area contributed by atoms with E-state index in [1.165, 1.54) is 29.0 Å². The third kappa shape index (κ3) is 3.31. The number of carboxylic acids is 1. The second-order valence-corrected chi connectivity index (χ2v) is 4.51. The van der Waals surface area contributed by atoms with Crippen molar-refractivity contribution in [1.29, 1.82) is 0 Å². The zero-order valence-corrected chi connectivity index (χ0v) is 11.0. The van der Waals surface area contributed by atoms with E-state index in [9.17, 15) is 4.79 Å². The second kappa shape index (κ2) is 5.52. The van der Waals surface area contributed by atoms with Crippen molar-refractivity contribution in [1.82, 2.24) is 4.98 Å². The molecule has 2 rings (SSSR count). The number of nitrogens with zero attached hydrogens (tertiary/aromatic N) is 1. The summed E-state index contributed by atoms with van der Waals surface area (Å²) in [5.74, 6) is -0.295. The highest BCUT2D eigenvalue weighted by atomic mass is 16.4. The normalized spacial score (nSPS) is 10.2. The van der Waals surface area contributed by atoms with Gasteiger partial charge in [0, 0.05) is 12.7 Å². The minimum Gasteiger partial charge on any atom is -0.478 e. The molecule has 0 aliphatic carbocycles. The van der Waals surface area contributed by atoms with Crippen LogP contribution in [0.15, 0.2) is 36.5 Å². The zero-order chi connectivity index (χ0) is 13.8. The number of aromatic carboxylic acids is 1. The van der Waals surface area contributed by atoms with Crippen LogP contribution in [-0.2, 0) is 6.54 Å². The number of carbonyl (C=O) groups is 1. The molecule has 19 heavy (non-hydrogen) atoms. The number of anilines is 1. The van der Waals surface area contributed by atoms with Crippen molar-refractivity contribution in [3.8, 4) is 0 Å². The van der Waals surface area contributed by atoms with Gasteiger partial charge in [0.25, 0.3) is 0 Å². The molecule has 0 fully saturated rings. The molecule has 0 bridgehead atoms. The maximum atomic E-state index is 10.7. The Kier molecular flexibility index (Phi) is 3.80. The molecule has 2 aromatic rings. The van der Waals surface area contributed by atoms with E-state index in [0.717, 1.165) is 0 Å². The van der Waals surface area contributed by atoms with Crippen molar-refractivity contribution in [3.05, 3.63) is 58.8 Å². The fourth-order valence-corrected chi connectivity index (χ4v) is 1.73. The van der Waals surface area contributed by atoms with Crippen LogP contribution in [0.3, 0.4) is 0 Å². The maximum Gasteiger partial charge on any atom is 0.337 e. The molecule has 0 aliphatic heterocycles. The van der Waals surface area contributed by atoms with E-state index in [2.05, 4.69) is 42.3 Å². The van der Waals surface area contributed by atoms with Crippen molar-refractivity contribution in [3.63, 3.8) is 0 Å². The molecule has 0 atom stereocenters. The Morgan fingerprint density at radius 1 is 1.21 bits per heavy atom. The average molecular weight is 256 g/mol. The Labute approximate surface area is 112 Å². The number of rotatable bonds is 4. The quantitative estimate of drug-likeness (QED) is 0.882. The van der Waals surface area contributed by atoms with E-state index in [0.29, 0.717) is 12.4 Å². The van der Waals surface area contributed by atoms with Crippen molar-refractivity contribution in [2.45, 2.75) is 20.4 Å². The highest BCUT2D eigenvalue weighted by Crippen LogP contribution is 2.12. The van der Waals surface area contributed by atoms with E-state index < -0.39 is 5.97 Å². The second-order valence-electron chi connectivity index (χ2n) is 4.51. The standard InChI is InChI=1S/C15H16N2O2/c1-10-3-4-12(7-11(10)2)8-16-14-6-5-13(9-17-14)15(18)19/h3-7,9H,8H2,1-2H3,(H,16,17)(H,18,19). The molecular weight excluding hydrogens is 240 g/mol. The number of nitrogens with one attached hydrogen (secondary N) is 1. The number of carboxylic acid groups (broad SMARTS) is 1. The van der Waals surface area contributed by atoms with Crippen molar-refractivity contribution >= 4 is 11.8 Å². The highest BCUT2D eigenvalue weighted by Gasteiger charge is 2.03. The van der Waals surface area contributed by atoms with Crippen LogP contribution in [0.2, 0.25) is 0 Å². The number of pyridine rings is 1. The summed E-state index contributed by atoms with van der Waals surface area (Å²) >= 11 is 0. The van der Waals surface area contributed by atoms with Gasteiger partial charge in [-0.2, -0.15) is 0 Å². The molecule has 4 heteroatoms. The van der Waals surface area contributed by atoms with Crippen molar-refractivity contribution in [2.75, 3.05) is 5.32 Å². The molecule has 0 saturated heterocycles. The number of aromatic nitrogens is 1. The first-order valence-electron chi connectivity index (χ1n) is 6.05. The van der Waals surface area contributed by atoms with Gasteiger partial charge in [-0.25, -0.2) is 9.78 Å². The van der Waals surface area contributed by atoms with Crippen LogP contribution in [0.1, 0.15) is 27.0 Å². The topological polar surface area (TPSA) is 62.2 Å². The molecule has 0 amide bonds. The number of hydrogen-bond donors (Lipinski definition) is 2. The Morgan fingerprint density at radius 2 is 2.00 bits per heavy atom. The van der Waals surface area contributed by atoms with E-state index in [1.54, 1.807) is 6.07 Å². The van der Waals surface area contributed by atoms with Gasteiger partial charge < -0.3 is 10.4 Å². The summed E-state index contributed by atoms with van der Waals surface area (Å²) in [4.78, 5) is 14.8. The summed E-state index contributed by atoms with van der Waals surface area (Å²) in [6.07, 6.45) is 1.35. The first kappa shape index (κ1) is 13.1. The van der Waals surface area contributed by atoms with Gasteiger partial charge in [-0.05, 0) is 42.7 Å². The monoisotopic (exact) mass is 256 g/mol. The smallest absolute Gasteiger partial charge is 0.337 e. The minimum atomic E-state index is -0.965. The lowest BCUT2D eigenvalue weighted by molar-refractivity contribution is 0.0696. The van der Waals surface area contributed by atoms with Gasteiger partial charge >= 0.3 is 5.97 Å². The first-order valence-corrected chi connectivity index (χ1v) is 6.05. The summed E-state index contributed by atoms with van der Waals surface area (Å²) in [6, 6.07) is 9.50. The van der Waals surface area contributed by atoms with E-state index in [4.69, 9.17) is 5.11 Å². The Bertz CT molecular complexity index is 592. The molecule has 1 aromatic heterocycles. The van der Waals surface area contributed by atoms with Gasteiger partial charge in [-0.15, -0.1) is 0 Å². The first-order chi connectivity index (χ1) is 9.06. The van der Waals surface area contributed by atoms with Gasteiger partial charge in [0.2, 0.25) is 0 Å². The predicted molar refractivity (Wildman–Crippen MR) is 74.4 cm³/mol. The van der Waals surface area contributed by atoms with Crippen molar-refractivity contribution < 1.29 is 9.90 Å². The molecule has 4 nitrogen and oxygen atoms in total. The van der Waals surface area contributed by atoms with Crippen LogP contribution in [0, 0.1) is 13.8 Å². The van der Waals surface area contributed by atoms with E-state index >= 15 is 0 Å². The van der Waals surface area contributed by atoms with Gasteiger partial charge in [0.15, 0.2) is 0 Å². The van der Waals surface area contributed by atoms with Gasteiger partial charge in [0.05, 0.1) is 5.56 Å². The summed E-state index contributed by atoms with van der Waals surface area (Å²) in [7, 11) is 0. The Balaban J connectivity index is 2.01. The zero-order valence-electron chi connectivity index (χ0n) is 11.0. The average Bonchev–Trinajstić information content (AvgIpc) is 2.40. The van der Waals surface area contributed by atoms with Crippen LogP contribution in [0.4, 0.5) is 5.82 Å². The van der Waals surface area contributed by atoms with Crippen LogP contribution >= 0.6 is 0 Å². The number of hydrogen-bond acceptors (Lipinski definition) is 3. The maximum absolute atomic E-state index is 10.7. The minimum absolute atomic E-state index is 0.191. The van der Waals surface area contributed by atoms with Crippen LogP contribution in [-0.4, -0.2) is 16.1 Å². The molecule has 98 valence electrons. The molecule has 1 aromatic carbocycles. The lowest BCUT2D eigenvalue weighted by Crippen LogP contribution is -2.03. The van der Waals surface area contributed by atoms with E-state index in [-0.39, 0.29) is 5.56 Å². The number of aryl methyl sites for hydroxylation is 2. The third-order valence-electron chi connectivity index (χ3n) is 3.06. The fraction of sp³-hybridized carbons (Fsp3) is 0.200. The molecule has 0 unspecified atom stereocenters. The lowest BCUT2D eigenvalue weighted by atomic mass is 10.1. The SMILES string of the molecule is Cc1ccc(CNc2ccc(C(=O)O)cn2)cc1C. The molecule has 1 heterocycles. The fourth-order valence-electron chi connectivity index (χ4n) is 1.73. The largest absolute Gasteiger partial charge is 0.478 e. The lowest BCUT2D eigenvalue weighted by Gasteiger charge is -2.08. The van der Waals surface area contributed by atoms with E-state index in [1.807, 2.05) is 0 Å². The summed E-state index contributed by atoms with van der Waals surface area (Å²) in [5, 5.41) is 11.9. The summed E-state index contributed by atoms with van der Waals surface area (Å²) in [5.41, 5.74) is 3.89. The van der Waals surface area contributed by atoms with Crippen LogP contribution in [0.5, 0.6) is 0 Å². The van der Waals surface area contributed by atoms with Gasteiger partial charge in [-0.3, -0.25) is 0 Å². The number of benzene rings is 1. The molecule has 0 aliphatic rings. The van der Waals surface area contributed by atoms with Crippen LogP contribution in [0.25, 0.3) is 0 Å². The highest BCUT2D eigenvalue weighted by molar-refractivity contribution is 5.87. The summed E-state index contributed by atoms with van der Waals surface area (Å²) in [6.45, 7) is 4.83. The Hall–Kier alpha value is -2.36. The van der Waals surface area contributed by atoms with Gasteiger partial charge in [-0.1, -0.05) is 18.2 Å². The third-order valence-corrected chi connectivity index (χ3v) is 3.06. The molecule has 0 radical (unpaired) electrons. The predicted octanol–water partition coefficient (Wildman–Crippen LogP) is 3.01. The van der Waals surface area contributed by atoms with Crippen LogP contribution < -0.4 is 5.32 Å². The van der Waals surface area contributed by atoms with Crippen molar-refractivity contribution in [2.24, 2.45) is 0 Å². The molecular formula is C15H16N2O2. The summed E-state index contributed by atoms with van der Waals surface area (Å²) < 4.78 is 0. The molecule has 0 saturated carbocycles. The Morgan fingerprint density at radius 3 is 2.58 bits per heavy atom. The van der Waals surface area contributed by atoms with Gasteiger partial charge in [0.1, 0.15) is 5.82 Å².